The summed E-state index contributed by atoms with van der Waals surface area (Å²) in [5.74, 6) is -0.345. The van der Waals surface area contributed by atoms with Gasteiger partial charge in [0, 0.05) is 19.3 Å². The molecule has 1 aromatic heterocycles. The van der Waals surface area contributed by atoms with E-state index >= 15 is 0 Å². The second-order valence-electron chi connectivity index (χ2n) is 4.94. The number of carboxylic acids is 1. The molecule has 2 heterocycles. The molecule has 0 saturated heterocycles. The Morgan fingerprint density at radius 1 is 1.05 bits per heavy atom. The minimum Gasteiger partial charge on any atom is -0.478 e. The number of aromatic carboxylic acids is 1. The predicted molar refractivity (Wildman–Crippen MR) is 77.3 cm³/mol. The molecule has 0 saturated carbocycles. The van der Waals surface area contributed by atoms with E-state index in [1.54, 1.807) is 18.3 Å². The van der Waals surface area contributed by atoms with E-state index in [1.807, 2.05) is 0 Å². The lowest BCUT2D eigenvalue weighted by Gasteiger charge is -2.22. The Balaban J connectivity index is 1.89. The molecule has 1 N–H and O–H groups in total. The topological polar surface area (TPSA) is 53.4 Å². The zero-order valence-corrected chi connectivity index (χ0v) is 11.1. The van der Waals surface area contributed by atoms with Crippen LogP contribution in [0.3, 0.4) is 0 Å². The van der Waals surface area contributed by atoms with E-state index in [0.29, 0.717) is 5.82 Å². The Bertz CT molecular complexity index is 613. The van der Waals surface area contributed by atoms with Crippen LogP contribution in [-0.4, -0.2) is 29.1 Å². The van der Waals surface area contributed by atoms with E-state index in [2.05, 4.69) is 34.1 Å². The molecule has 102 valence electrons. The molecule has 0 aliphatic carbocycles. The van der Waals surface area contributed by atoms with Crippen LogP contribution in [0.4, 0.5) is 5.82 Å². The highest BCUT2D eigenvalue weighted by molar-refractivity contribution is 5.93. The van der Waals surface area contributed by atoms with E-state index in [9.17, 15) is 9.90 Å². The molecule has 1 aliphatic heterocycles. The monoisotopic (exact) mass is 268 g/mol. The molecular formula is C16H16N2O2. The van der Waals surface area contributed by atoms with Crippen LogP contribution in [0.25, 0.3) is 0 Å². The molecule has 1 aliphatic rings. The highest BCUT2D eigenvalue weighted by Crippen LogP contribution is 2.22. The SMILES string of the molecule is O=C(O)c1cccnc1N1CCc2ccccc2CC1. The second kappa shape index (κ2) is 5.33. The molecule has 0 atom stereocenters. The van der Waals surface area contributed by atoms with E-state index in [4.69, 9.17) is 0 Å². The van der Waals surface area contributed by atoms with E-state index in [0.717, 1.165) is 25.9 Å². The summed E-state index contributed by atoms with van der Waals surface area (Å²) < 4.78 is 0. The molecule has 0 fully saturated rings. The number of pyridine rings is 1. The van der Waals surface area contributed by atoms with Gasteiger partial charge in [-0.25, -0.2) is 9.78 Å². The average molecular weight is 268 g/mol. The van der Waals surface area contributed by atoms with Gasteiger partial charge in [0.2, 0.25) is 0 Å². The first-order chi connectivity index (χ1) is 9.75. The Labute approximate surface area is 117 Å². The van der Waals surface area contributed by atoms with Gasteiger partial charge in [0.25, 0.3) is 0 Å². The number of hydrogen-bond acceptors (Lipinski definition) is 3. The van der Waals surface area contributed by atoms with Crippen molar-refractivity contribution in [1.29, 1.82) is 0 Å². The minimum absolute atomic E-state index is 0.276. The van der Waals surface area contributed by atoms with Crippen LogP contribution in [0.2, 0.25) is 0 Å². The Morgan fingerprint density at radius 2 is 1.70 bits per heavy atom. The van der Waals surface area contributed by atoms with Crippen molar-refractivity contribution in [3.8, 4) is 0 Å². The number of benzene rings is 1. The molecule has 0 unspecified atom stereocenters. The third-order valence-corrected chi connectivity index (χ3v) is 3.74. The molecule has 4 nitrogen and oxygen atoms in total. The summed E-state index contributed by atoms with van der Waals surface area (Å²) in [4.78, 5) is 17.6. The molecule has 0 amide bonds. The lowest BCUT2D eigenvalue weighted by Crippen LogP contribution is -2.28. The number of aromatic nitrogens is 1. The van der Waals surface area contributed by atoms with Crippen LogP contribution in [0, 0.1) is 0 Å². The fourth-order valence-corrected chi connectivity index (χ4v) is 2.70. The van der Waals surface area contributed by atoms with Gasteiger partial charge in [-0.15, -0.1) is 0 Å². The van der Waals surface area contributed by atoms with Gasteiger partial charge in [-0.05, 0) is 36.1 Å². The van der Waals surface area contributed by atoms with E-state index in [1.165, 1.54) is 11.1 Å². The summed E-state index contributed by atoms with van der Waals surface area (Å²) in [6.07, 6.45) is 3.50. The van der Waals surface area contributed by atoms with Crippen LogP contribution in [-0.2, 0) is 12.8 Å². The van der Waals surface area contributed by atoms with Gasteiger partial charge in [-0.3, -0.25) is 0 Å². The summed E-state index contributed by atoms with van der Waals surface area (Å²) in [7, 11) is 0. The summed E-state index contributed by atoms with van der Waals surface area (Å²) in [6.45, 7) is 1.60. The van der Waals surface area contributed by atoms with Crippen molar-refractivity contribution in [2.75, 3.05) is 18.0 Å². The minimum atomic E-state index is -0.921. The van der Waals surface area contributed by atoms with Crippen molar-refractivity contribution < 1.29 is 9.90 Å². The van der Waals surface area contributed by atoms with Gasteiger partial charge in [-0.1, -0.05) is 24.3 Å². The Hall–Kier alpha value is -2.36. The summed E-state index contributed by atoms with van der Waals surface area (Å²) in [5, 5.41) is 9.27. The lowest BCUT2D eigenvalue weighted by molar-refractivity contribution is 0.0697. The van der Waals surface area contributed by atoms with Crippen molar-refractivity contribution >= 4 is 11.8 Å². The fourth-order valence-electron chi connectivity index (χ4n) is 2.70. The normalized spacial score (nSPS) is 14.5. The second-order valence-corrected chi connectivity index (χ2v) is 4.94. The number of carbonyl (C=O) groups is 1. The number of fused-ring (bicyclic) bond motifs is 1. The maximum absolute atomic E-state index is 11.3. The fraction of sp³-hybridized carbons (Fsp3) is 0.250. The zero-order valence-electron chi connectivity index (χ0n) is 11.1. The van der Waals surface area contributed by atoms with Gasteiger partial charge in [-0.2, -0.15) is 0 Å². The van der Waals surface area contributed by atoms with Gasteiger partial charge >= 0.3 is 5.97 Å². The molecule has 4 heteroatoms. The number of carboxylic acid groups (broad SMARTS) is 1. The summed E-state index contributed by atoms with van der Waals surface area (Å²) in [5.41, 5.74) is 2.98. The molecule has 2 aromatic rings. The van der Waals surface area contributed by atoms with Crippen LogP contribution >= 0.6 is 0 Å². The van der Waals surface area contributed by atoms with E-state index < -0.39 is 5.97 Å². The third kappa shape index (κ3) is 2.37. The quantitative estimate of drug-likeness (QED) is 0.908. The number of nitrogens with zero attached hydrogens (tertiary/aromatic N) is 2. The first kappa shape index (κ1) is 12.7. The van der Waals surface area contributed by atoms with E-state index in [-0.39, 0.29) is 5.56 Å². The first-order valence-electron chi connectivity index (χ1n) is 6.76. The average Bonchev–Trinajstić information content (AvgIpc) is 2.70. The van der Waals surface area contributed by atoms with Crippen LogP contribution in [0.5, 0.6) is 0 Å². The van der Waals surface area contributed by atoms with Gasteiger partial charge in [0.1, 0.15) is 11.4 Å². The molecule has 3 rings (SSSR count). The maximum atomic E-state index is 11.3. The predicted octanol–water partition coefficient (Wildman–Crippen LogP) is 2.39. The van der Waals surface area contributed by atoms with Gasteiger partial charge in [0.05, 0.1) is 0 Å². The van der Waals surface area contributed by atoms with Crippen molar-refractivity contribution in [1.82, 2.24) is 4.98 Å². The number of rotatable bonds is 2. The number of hydrogen-bond donors (Lipinski definition) is 1. The van der Waals surface area contributed by atoms with Crippen LogP contribution in [0.15, 0.2) is 42.6 Å². The highest BCUT2D eigenvalue weighted by Gasteiger charge is 2.19. The molecule has 1 aromatic carbocycles. The maximum Gasteiger partial charge on any atom is 0.339 e. The molecule has 0 spiro atoms. The largest absolute Gasteiger partial charge is 0.478 e. The summed E-state index contributed by atoms with van der Waals surface area (Å²) in [6, 6.07) is 11.7. The Kier molecular flexibility index (Phi) is 3.37. The zero-order chi connectivity index (χ0) is 13.9. The lowest BCUT2D eigenvalue weighted by atomic mass is 10.0. The molecule has 0 radical (unpaired) electrons. The third-order valence-electron chi connectivity index (χ3n) is 3.74. The van der Waals surface area contributed by atoms with Crippen molar-refractivity contribution in [3.05, 3.63) is 59.3 Å². The van der Waals surface area contributed by atoms with Gasteiger partial charge in [0.15, 0.2) is 0 Å². The van der Waals surface area contributed by atoms with Gasteiger partial charge < -0.3 is 10.0 Å². The first-order valence-corrected chi connectivity index (χ1v) is 6.76. The van der Waals surface area contributed by atoms with Crippen LogP contribution < -0.4 is 4.90 Å². The van der Waals surface area contributed by atoms with Crippen molar-refractivity contribution in [2.45, 2.75) is 12.8 Å². The molecule has 0 bridgehead atoms. The smallest absolute Gasteiger partial charge is 0.339 e. The molecule has 20 heavy (non-hydrogen) atoms. The highest BCUT2D eigenvalue weighted by atomic mass is 16.4. The van der Waals surface area contributed by atoms with Crippen LogP contribution in [0.1, 0.15) is 21.5 Å². The van der Waals surface area contributed by atoms with Crippen molar-refractivity contribution in [3.63, 3.8) is 0 Å². The van der Waals surface area contributed by atoms with Crippen molar-refractivity contribution in [2.24, 2.45) is 0 Å². The summed E-state index contributed by atoms with van der Waals surface area (Å²) >= 11 is 0. The standard InChI is InChI=1S/C16H16N2O2/c19-16(20)14-6-3-9-17-15(14)18-10-7-12-4-1-2-5-13(12)8-11-18/h1-6,9H,7-8,10-11H2,(H,19,20). The molecular weight excluding hydrogens is 252 g/mol. The number of anilines is 1. The Morgan fingerprint density at radius 3 is 2.30 bits per heavy atom.